The van der Waals surface area contributed by atoms with E-state index in [1.165, 1.54) is 0 Å². The highest BCUT2D eigenvalue weighted by molar-refractivity contribution is 5.94. The van der Waals surface area contributed by atoms with Crippen LogP contribution in [0.25, 0.3) is 0 Å². The summed E-state index contributed by atoms with van der Waals surface area (Å²) in [5, 5.41) is 11.6. The molecule has 1 unspecified atom stereocenters. The molecule has 4 nitrogen and oxygen atoms in total. The number of piperidine rings is 1. The Bertz CT molecular complexity index is 774. The highest BCUT2D eigenvalue weighted by Crippen LogP contribution is 2.47. The van der Waals surface area contributed by atoms with Gasteiger partial charge in [-0.05, 0) is 43.9 Å². The average molecular weight is 350 g/mol. The summed E-state index contributed by atoms with van der Waals surface area (Å²) in [6.45, 7) is 2.51. The molecule has 3 atom stereocenters. The molecule has 1 aliphatic heterocycles. The third kappa shape index (κ3) is 2.92. The summed E-state index contributed by atoms with van der Waals surface area (Å²) in [6.07, 6.45) is 6.42. The molecule has 136 valence electrons. The number of nitrogens with zero attached hydrogens (tertiary/aromatic N) is 2. The molecule has 4 rings (SSSR count). The van der Waals surface area contributed by atoms with Crippen molar-refractivity contribution in [3.8, 4) is 0 Å². The Morgan fingerprint density at radius 3 is 2.65 bits per heavy atom. The van der Waals surface area contributed by atoms with Crippen LogP contribution in [0.3, 0.4) is 0 Å². The van der Waals surface area contributed by atoms with Crippen molar-refractivity contribution in [1.29, 1.82) is 0 Å². The normalized spacial score (nSPS) is 28.5. The zero-order chi connectivity index (χ0) is 18.1. The van der Waals surface area contributed by atoms with Crippen molar-refractivity contribution in [3.05, 3.63) is 65.5 Å². The first-order valence-corrected chi connectivity index (χ1v) is 9.61. The van der Waals surface area contributed by atoms with Gasteiger partial charge in [-0.1, -0.05) is 43.2 Å². The Morgan fingerprint density at radius 2 is 1.92 bits per heavy atom. The third-order valence-electron chi connectivity index (χ3n) is 6.17. The SMILES string of the molecule is Cc1ccc(C(=O)N2CC[C@@](O)(c3ccccc3)[C@@H]3CCCCC32)cn1. The molecule has 1 saturated heterocycles. The first-order valence-electron chi connectivity index (χ1n) is 9.61. The minimum Gasteiger partial charge on any atom is -0.385 e. The fourth-order valence-corrected chi connectivity index (χ4v) is 4.78. The largest absolute Gasteiger partial charge is 0.385 e. The van der Waals surface area contributed by atoms with Gasteiger partial charge in [-0.25, -0.2) is 0 Å². The minimum atomic E-state index is -0.839. The molecule has 2 fully saturated rings. The maximum atomic E-state index is 13.1. The molecule has 1 aromatic carbocycles. The fraction of sp³-hybridized carbons (Fsp3) is 0.455. The molecule has 1 saturated carbocycles. The highest BCUT2D eigenvalue weighted by Gasteiger charge is 2.50. The van der Waals surface area contributed by atoms with Gasteiger partial charge in [0.1, 0.15) is 0 Å². The van der Waals surface area contributed by atoms with E-state index >= 15 is 0 Å². The van der Waals surface area contributed by atoms with Crippen LogP contribution in [0.5, 0.6) is 0 Å². The molecule has 4 heteroatoms. The number of likely N-dealkylation sites (tertiary alicyclic amines) is 1. The van der Waals surface area contributed by atoms with E-state index in [2.05, 4.69) is 4.98 Å². The smallest absolute Gasteiger partial charge is 0.255 e. The van der Waals surface area contributed by atoms with Crippen molar-refractivity contribution in [1.82, 2.24) is 9.88 Å². The number of aromatic nitrogens is 1. The van der Waals surface area contributed by atoms with Crippen molar-refractivity contribution < 1.29 is 9.90 Å². The summed E-state index contributed by atoms with van der Waals surface area (Å²) in [5.41, 5.74) is 1.70. The van der Waals surface area contributed by atoms with Crippen LogP contribution in [0, 0.1) is 12.8 Å². The van der Waals surface area contributed by atoms with Crippen molar-refractivity contribution >= 4 is 5.91 Å². The van der Waals surface area contributed by atoms with Crippen LogP contribution in [-0.2, 0) is 5.60 Å². The molecular weight excluding hydrogens is 324 g/mol. The minimum absolute atomic E-state index is 0.0458. The highest BCUT2D eigenvalue weighted by atomic mass is 16.3. The molecule has 0 bridgehead atoms. The maximum Gasteiger partial charge on any atom is 0.255 e. The summed E-state index contributed by atoms with van der Waals surface area (Å²) in [4.78, 5) is 19.4. The van der Waals surface area contributed by atoms with Crippen LogP contribution < -0.4 is 0 Å². The number of aryl methyl sites for hydroxylation is 1. The van der Waals surface area contributed by atoms with Gasteiger partial charge < -0.3 is 10.0 Å². The molecule has 2 heterocycles. The lowest BCUT2D eigenvalue weighted by atomic mass is 9.66. The summed E-state index contributed by atoms with van der Waals surface area (Å²) >= 11 is 0. The van der Waals surface area contributed by atoms with E-state index in [0.717, 1.165) is 36.9 Å². The summed E-state index contributed by atoms with van der Waals surface area (Å²) in [6, 6.07) is 13.8. The topological polar surface area (TPSA) is 53.4 Å². The second kappa shape index (κ2) is 6.84. The van der Waals surface area contributed by atoms with Crippen LogP contribution in [0.1, 0.15) is 53.7 Å². The second-order valence-corrected chi connectivity index (χ2v) is 7.69. The van der Waals surface area contributed by atoms with Crippen molar-refractivity contribution in [3.63, 3.8) is 0 Å². The number of rotatable bonds is 2. The molecule has 26 heavy (non-hydrogen) atoms. The Hall–Kier alpha value is -2.20. The van der Waals surface area contributed by atoms with Crippen molar-refractivity contribution in [2.75, 3.05) is 6.54 Å². The van der Waals surface area contributed by atoms with Gasteiger partial charge in [-0.2, -0.15) is 0 Å². The van der Waals surface area contributed by atoms with Gasteiger partial charge in [0, 0.05) is 30.4 Å². The predicted octanol–water partition coefficient (Wildman–Crippen LogP) is 3.68. The van der Waals surface area contributed by atoms with Gasteiger partial charge >= 0.3 is 0 Å². The number of carbonyl (C=O) groups excluding carboxylic acids is 1. The Kier molecular flexibility index (Phi) is 4.53. The molecule has 0 radical (unpaired) electrons. The van der Waals surface area contributed by atoms with E-state index in [-0.39, 0.29) is 17.9 Å². The standard InChI is InChI=1S/C22H26N2O2/c1-16-11-12-17(15-23-16)21(25)24-14-13-22(26,18-7-3-2-4-8-18)19-9-5-6-10-20(19)24/h2-4,7-8,11-12,15,19-20,26H,5-6,9-10,13-14H2,1H3/t19-,20?,22-/m1/s1. The molecule has 2 aromatic rings. The Balaban J connectivity index is 1.64. The van der Waals surface area contributed by atoms with E-state index in [4.69, 9.17) is 0 Å². The molecule has 2 aliphatic rings. The molecule has 1 aliphatic carbocycles. The van der Waals surface area contributed by atoms with E-state index in [1.807, 2.05) is 54.3 Å². The van der Waals surface area contributed by atoms with E-state index in [9.17, 15) is 9.90 Å². The maximum absolute atomic E-state index is 13.1. The van der Waals surface area contributed by atoms with Crippen LogP contribution in [0.15, 0.2) is 48.7 Å². The summed E-state index contributed by atoms with van der Waals surface area (Å²) in [7, 11) is 0. The molecular formula is C22H26N2O2. The number of aliphatic hydroxyl groups is 1. The van der Waals surface area contributed by atoms with E-state index in [0.29, 0.717) is 18.5 Å². The van der Waals surface area contributed by atoms with Crippen LogP contribution in [-0.4, -0.2) is 33.5 Å². The van der Waals surface area contributed by atoms with Gasteiger partial charge in [0.2, 0.25) is 0 Å². The molecule has 0 spiro atoms. The van der Waals surface area contributed by atoms with Crippen LogP contribution >= 0.6 is 0 Å². The van der Waals surface area contributed by atoms with Crippen molar-refractivity contribution in [2.45, 2.75) is 50.7 Å². The average Bonchev–Trinajstić information content (AvgIpc) is 2.69. The van der Waals surface area contributed by atoms with Gasteiger partial charge in [0.25, 0.3) is 5.91 Å². The molecule has 1 amide bonds. The lowest BCUT2D eigenvalue weighted by molar-refractivity contribution is -0.110. The number of hydrogen-bond acceptors (Lipinski definition) is 3. The van der Waals surface area contributed by atoms with Gasteiger partial charge in [0.05, 0.1) is 11.2 Å². The van der Waals surface area contributed by atoms with Crippen LogP contribution in [0.2, 0.25) is 0 Å². The fourth-order valence-electron chi connectivity index (χ4n) is 4.78. The summed E-state index contributed by atoms with van der Waals surface area (Å²) < 4.78 is 0. The quantitative estimate of drug-likeness (QED) is 0.899. The third-order valence-corrected chi connectivity index (χ3v) is 6.17. The zero-order valence-corrected chi connectivity index (χ0v) is 15.3. The second-order valence-electron chi connectivity index (χ2n) is 7.69. The molecule has 1 N–H and O–H groups in total. The Morgan fingerprint density at radius 1 is 1.15 bits per heavy atom. The Labute approximate surface area is 154 Å². The van der Waals surface area contributed by atoms with E-state index < -0.39 is 5.60 Å². The molecule has 1 aromatic heterocycles. The number of hydrogen-bond donors (Lipinski definition) is 1. The predicted molar refractivity (Wildman–Crippen MR) is 101 cm³/mol. The van der Waals surface area contributed by atoms with Gasteiger partial charge in [-0.3, -0.25) is 9.78 Å². The number of benzene rings is 1. The van der Waals surface area contributed by atoms with Gasteiger partial charge in [-0.15, -0.1) is 0 Å². The number of amides is 1. The lowest BCUT2D eigenvalue weighted by Crippen LogP contribution is -2.59. The summed E-state index contributed by atoms with van der Waals surface area (Å²) in [5.74, 6) is 0.138. The van der Waals surface area contributed by atoms with Crippen molar-refractivity contribution in [2.24, 2.45) is 5.92 Å². The lowest BCUT2D eigenvalue weighted by Gasteiger charge is -2.52. The number of carbonyl (C=O) groups is 1. The monoisotopic (exact) mass is 350 g/mol. The first-order chi connectivity index (χ1) is 12.6. The van der Waals surface area contributed by atoms with Crippen LogP contribution in [0.4, 0.5) is 0 Å². The number of fused-ring (bicyclic) bond motifs is 1. The first kappa shape index (κ1) is 17.2. The van der Waals surface area contributed by atoms with E-state index in [1.54, 1.807) is 6.20 Å². The zero-order valence-electron chi connectivity index (χ0n) is 15.3. The number of pyridine rings is 1. The van der Waals surface area contributed by atoms with Gasteiger partial charge in [0.15, 0.2) is 0 Å².